The molecule has 0 aliphatic carbocycles. The topological polar surface area (TPSA) is 120 Å². The minimum atomic E-state index is -1.72. The summed E-state index contributed by atoms with van der Waals surface area (Å²) < 4.78 is 6.32. The molecular formula is C16H17N3O5-2. The monoisotopic (exact) mass is 331 g/mol. The summed E-state index contributed by atoms with van der Waals surface area (Å²) in [5, 5.41) is 29.1. The van der Waals surface area contributed by atoms with E-state index in [1.54, 1.807) is 19.2 Å². The number of benzene rings is 1. The lowest BCUT2D eigenvalue weighted by Crippen LogP contribution is -2.32. The summed E-state index contributed by atoms with van der Waals surface area (Å²) in [5.41, 5.74) is 0.0790. The molecule has 0 radical (unpaired) electrons. The van der Waals surface area contributed by atoms with Crippen molar-refractivity contribution in [1.82, 2.24) is 15.0 Å². The average molecular weight is 331 g/mol. The van der Waals surface area contributed by atoms with Crippen molar-refractivity contribution in [1.29, 1.82) is 0 Å². The summed E-state index contributed by atoms with van der Waals surface area (Å²) >= 11 is 0. The van der Waals surface area contributed by atoms with Gasteiger partial charge in [-0.15, -0.1) is 5.10 Å². The van der Waals surface area contributed by atoms with E-state index in [0.717, 1.165) is 15.8 Å². The van der Waals surface area contributed by atoms with Gasteiger partial charge in [0, 0.05) is 0 Å². The summed E-state index contributed by atoms with van der Waals surface area (Å²) in [7, 11) is 1.57. The molecule has 128 valence electrons. The Hall–Kier alpha value is -2.90. The second-order valence-corrected chi connectivity index (χ2v) is 6.30. The first kappa shape index (κ1) is 17.5. The minimum Gasteiger partial charge on any atom is -0.543 e. The second-order valence-electron chi connectivity index (χ2n) is 6.30. The van der Waals surface area contributed by atoms with Crippen LogP contribution in [-0.2, 0) is 12.0 Å². The summed E-state index contributed by atoms with van der Waals surface area (Å²) in [6.07, 6.45) is 0. The van der Waals surface area contributed by atoms with Crippen LogP contribution in [-0.4, -0.2) is 34.0 Å². The molecule has 0 unspecified atom stereocenters. The van der Waals surface area contributed by atoms with Crippen LogP contribution >= 0.6 is 0 Å². The first-order chi connectivity index (χ1) is 11.1. The smallest absolute Gasteiger partial charge is 0.137 e. The highest BCUT2D eigenvalue weighted by molar-refractivity contribution is 5.97. The van der Waals surface area contributed by atoms with Gasteiger partial charge < -0.3 is 24.5 Å². The third kappa shape index (κ3) is 3.37. The van der Waals surface area contributed by atoms with Gasteiger partial charge in [-0.05, 0) is 28.7 Å². The van der Waals surface area contributed by atoms with Gasteiger partial charge in [-0.25, -0.2) is 4.68 Å². The summed E-state index contributed by atoms with van der Waals surface area (Å²) in [4.78, 5) is 22.1. The van der Waals surface area contributed by atoms with Crippen LogP contribution in [0.3, 0.4) is 0 Å². The summed E-state index contributed by atoms with van der Waals surface area (Å²) in [6, 6.07) is 5.37. The highest BCUT2D eigenvalue weighted by atomic mass is 16.5. The fourth-order valence-corrected chi connectivity index (χ4v) is 2.38. The lowest BCUT2D eigenvalue weighted by Gasteiger charge is -2.23. The number of rotatable bonds is 5. The molecule has 0 amide bonds. The molecule has 2 aromatic rings. The predicted molar refractivity (Wildman–Crippen MR) is 79.5 cm³/mol. The highest BCUT2D eigenvalue weighted by Crippen LogP contribution is 2.32. The number of nitrogens with zero attached hydrogens (tertiary/aromatic N) is 3. The van der Waals surface area contributed by atoms with E-state index < -0.39 is 23.3 Å². The molecule has 1 aromatic heterocycles. The van der Waals surface area contributed by atoms with Crippen molar-refractivity contribution in [3.8, 4) is 5.75 Å². The first-order valence-corrected chi connectivity index (χ1v) is 7.18. The average Bonchev–Trinajstić information content (AvgIpc) is 2.90. The Kier molecular flexibility index (Phi) is 4.59. The number of aromatic carboxylic acids is 2. The third-order valence-corrected chi connectivity index (χ3v) is 3.53. The molecule has 2 rings (SSSR count). The molecule has 1 heterocycles. The van der Waals surface area contributed by atoms with Gasteiger partial charge in [0.25, 0.3) is 0 Å². The van der Waals surface area contributed by atoms with E-state index in [9.17, 15) is 19.8 Å². The van der Waals surface area contributed by atoms with E-state index in [1.807, 2.05) is 26.8 Å². The van der Waals surface area contributed by atoms with Crippen LogP contribution in [0.25, 0.3) is 0 Å². The number of aromatic nitrogens is 3. The zero-order chi connectivity index (χ0) is 18.1. The molecule has 1 aromatic carbocycles. The van der Waals surface area contributed by atoms with Crippen LogP contribution in [0.5, 0.6) is 5.75 Å². The van der Waals surface area contributed by atoms with Gasteiger partial charge in [-0.1, -0.05) is 32.1 Å². The molecule has 8 heteroatoms. The van der Waals surface area contributed by atoms with Crippen molar-refractivity contribution in [2.45, 2.75) is 32.7 Å². The van der Waals surface area contributed by atoms with Gasteiger partial charge in [-0.3, -0.25) is 0 Å². The number of carbonyl (C=O) groups is 2. The Morgan fingerprint density at radius 1 is 1.21 bits per heavy atom. The standard InChI is InChI=1S/C16H19N3O5/c1-16(2,3)10-7-9(5-6-11(10)24-4)8-19-13(15(22)23)12(14(20)21)17-18-19/h5-7H,8H2,1-4H3,(H,20,21)(H,22,23)/p-2. The number of hydrogen-bond acceptors (Lipinski definition) is 7. The van der Waals surface area contributed by atoms with Gasteiger partial charge >= 0.3 is 0 Å². The lowest BCUT2D eigenvalue weighted by molar-refractivity contribution is -0.260. The van der Waals surface area contributed by atoms with E-state index in [4.69, 9.17) is 4.74 Å². The highest BCUT2D eigenvalue weighted by Gasteiger charge is 2.20. The largest absolute Gasteiger partial charge is 0.543 e. The third-order valence-electron chi connectivity index (χ3n) is 3.53. The number of hydrogen-bond donors (Lipinski definition) is 0. The fraction of sp³-hybridized carbons (Fsp3) is 0.375. The van der Waals surface area contributed by atoms with Crippen LogP contribution in [0.2, 0.25) is 0 Å². The van der Waals surface area contributed by atoms with E-state index in [0.29, 0.717) is 5.75 Å². The van der Waals surface area contributed by atoms with Crippen molar-refractivity contribution < 1.29 is 24.5 Å². The van der Waals surface area contributed by atoms with E-state index >= 15 is 0 Å². The normalized spacial score (nSPS) is 11.3. The predicted octanol–water partition coefficient (Wildman–Crippen LogP) is -0.640. The zero-order valence-corrected chi connectivity index (χ0v) is 13.8. The number of carbonyl (C=O) groups excluding carboxylic acids is 2. The number of ether oxygens (including phenoxy) is 1. The maximum Gasteiger partial charge on any atom is 0.137 e. The van der Waals surface area contributed by atoms with Gasteiger partial charge in [0.2, 0.25) is 0 Å². The molecule has 0 aliphatic heterocycles. The Balaban J connectivity index is 2.46. The van der Waals surface area contributed by atoms with Gasteiger partial charge in [-0.2, -0.15) is 0 Å². The summed E-state index contributed by atoms with van der Waals surface area (Å²) in [5.74, 6) is -2.69. The van der Waals surface area contributed by atoms with Crippen molar-refractivity contribution in [2.24, 2.45) is 0 Å². The maximum atomic E-state index is 11.2. The number of carboxylic acid groups (broad SMARTS) is 2. The van der Waals surface area contributed by atoms with Crippen LogP contribution in [0.15, 0.2) is 18.2 Å². The molecular weight excluding hydrogens is 314 g/mol. The molecule has 8 nitrogen and oxygen atoms in total. The molecule has 0 N–H and O–H groups in total. The van der Waals surface area contributed by atoms with Gasteiger partial charge in [0.05, 0.1) is 25.6 Å². The fourth-order valence-electron chi connectivity index (χ4n) is 2.38. The number of methoxy groups -OCH3 is 1. The minimum absolute atomic E-state index is 0.0245. The Morgan fingerprint density at radius 3 is 2.38 bits per heavy atom. The SMILES string of the molecule is COc1ccc(Cn2nnc(C(=O)[O-])c2C(=O)[O-])cc1C(C)(C)C. The Labute approximate surface area is 138 Å². The van der Waals surface area contributed by atoms with E-state index in [2.05, 4.69) is 10.3 Å². The zero-order valence-electron chi connectivity index (χ0n) is 13.8. The van der Waals surface area contributed by atoms with Crippen molar-refractivity contribution in [3.05, 3.63) is 40.7 Å². The maximum absolute atomic E-state index is 11.2. The van der Waals surface area contributed by atoms with Crippen LogP contribution in [0.1, 0.15) is 52.9 Å². The molecule has 0 atom stereocenters. The molecule has 24 heavy (non-hydrogen) atoms. The van der Waals surface area contributed by atoms with Crippen molar-refractivity contribution in [3.63, 3.8) is 0 Å². The lowest BCUT2D eigenvalue weighted by atomic mass is 9.85. The molecule has 0 saturated heterocycles. The molecule has 0 aliphatic rings. The van der Waals surface area contributed by atoms with E-state index in [-0.39, 0.29) is 12.0 Å². The van der Waals surface area contributed by atoms with Crippen LogP contribution < -0.4 is 14.9 Å². The molecule has 0 saturated carbocycles. The first-order valence-electron chi connectivity index (χ1n) is 7.18. The molecule has 0 bridgehead atoms. The quantitative estimate of drug-likeness (QED) is 0.714. The number of carboxylic acids is 2. The van der Waals surface area contributed by atoms with Crippen LogP contribution in [0, 0.1) is 0 Å². The Morgan fingerprint density at radius 2 is 1.88 bits per heavy atom. The van der Waals surface area contributed by atoms with E-state index in [1.165, 1.54) is 0 Å². The van der Waals surface area contributed by atoms with Crippen molar-refractivity contribution in [2.75, 3.05) is 7.11 Å². The second kappa shape index (κ2) is 6.31. The van der Waals surface area contributed by atoms with Crippen molar-refractivity contribution >= 4 is 11.9 Å². The molecule has 0 fully saturated rings. The van der Waals surface area contributed by atoms with Gasteiger partial charge in [0.15, 0.2) is 0 Å². The Bertz CT molecular complexity index is 789. The van der Waals surface area contributed by atoms with Crippen LogP contribution in [0.4, 0.5) is 0 Å². The summed E-state index contributed by atoms with van der Waals surface area (Å²) in [6.45, 7) is 6.08. The molecule has 0 spiro atoms. The van der Waals surface area contributed by atoms with Gasteiger partial charge in [0.1, 0.15) is 17.1 Å².